The van der Waals surface area contributed by atoms with Crippen molar-refractivity contribution in [1.82, 2.24) is 25.5 Å². The highest BCUT2D eigenvalue weighted by molar-refractivity contribution is 7.99. The summed E-state index contributed by atoms with van der Waals surface area (Å²) >= 11 is 2.20. The first-order chi connectivity index (χ1) is 15.0. The summed E-state index contributed by atoms with van der Waals surface area (Å²) in [6, 6.07) is 14.1. The zero-order valence-corrected chi connectivity index (χ0v) is 19.4. The number of rotatable bonds is 6. The third-order valence-electron chi connectivity index (χ3n) is 4.96. The van der Waals surface area contributed by atoms with E-state index in [1.165, 1.54) is 11.8 Å². The van der Waals surface area contributed by atoms with Crippen LogP contribution in [0.2, 0.25) is 0 Å². The Morgan fingerprint density at radius 1 is 0.935 bits per heavy atom. The van der Waals surface area contributed by atoms with Gasteiger partial charge in [-0.25, -0.2) is 9.97 Å². The summed E-state index contributed by atoms with van der Waals surface area (Å²) < 4.78 is 9.90. The van der Waals surface area contributed by atoms with Crippen LogP contribution in [0.25, 0.3) is 22.0 Å². The summed E-state index contributed by atoms with van der Waals surface area (Å²) in [6.07, 6.45) is 0. The lowest BCUT2D eigenvalue weighted by molar-refractivity contribution is 0.660. The van der Waals surface area contributed by atoms with E-state index in [9.17, 15) is 4.55 Å². The van der Waals surface area contributed by atoms with Crippen molar-refractivity contribution in [2.24, 2.45) is 0 Å². The van der Waals surface area contributed by atoms with Gasteiger partial charge in [0, 0.05) is 51.2 Å². The van der Waals surface area contributed by atoms with Crippen molar-refractivity contribution >= 4 is 34.6 Å². The monoisotopic (exact) mass is 449 g/mol. The summed E-state index contributed by atoms with van der Waals surface area (Å²) in [4.78, 5) is 9.91. The largest absolute Gasteiger partial charge is 0.325 e. The van der Waals surface area contributed by atoms with Crippen molar-refractivity contribution in [3.05, 3.63) is 65.0 Å². The van der Waals surface area contributed by atoms with Gasteiger partial charge in [0.2, 0.25) is 0 Å². The highest BCUT2D eigenvalue weighted by atomic mass is 32.2. The number of hydrogen-bond acceptors (Lipinski definition) is 8. The Morgan fingerprint density at radius 3 is 2.32 bits per heavy atom. The van der Waals surface area contributed by atoms with Gasteiger partial charge in [0.05, 0.1) is 0 Å². The molecule has 8 heteroatoms. The topological polar surface area (TPSA) is 83.8 Å². The fourth-order valence-electron chi connectivity index (χ4n) is 3.63. The van der Waals surface area contributed by atoms with Crippen LogP contribution in [-0.4, -0.2) is 31.8 Å². The molecule has 0 aliphatic rings. The summed E-state index contributed by atoms with van der Waals surface area (Å²) in [5, 5.41) is 15.8. The highest BCUT2D eigenvalue weighted by Crippen LogP contribution is 2.38. The average Bonchev–Trinajstić information content (AvgIpc) is 2.74. The number of nitrogens with zero attached hydrogens (tertiary/aromatic N) is 4. The van der Waals surface area contributed by atoms with Crippen molar-refractivity contribution in [1.29, 1.82) is 0 Å². The Morgan fingerprint density at radius 2 is 1.65 bits per heavy atom. The standard InChI is InChI=1S/C23H23N5OS2/c1-13-9-10-17(19(12-24-4)21(13)31-29)20-16-7-5-6-8-18(16)22(28-27-20)30-23-25-14(2)11-15(3)26-23/h5-11,24,29H,12H2,1-4H3. The minimum Gasteiger partial charge on any atom is -0.325 e. The minimum atomic E-state index is 0.614. The SMILES string of the molecule is CNCc1c(-c2nnc(Sc3nc(C)cc(C)n3)c3ccccc23)ccc(C)c1SO. The smallest absolute Gasteiger partial charge is 0.194 e. The minimum absolute atomic E-state index is 0.614. The Balaban J connectivity index is 1.88. The average molecular weight is 450 g/mol. The second kappa shape index (κ2) is 9.32. The van der Waals surface area contributed by atoms with Gasteiger partial charge in [-0.3, -0.25) is 0 Å². The molecule has 0 spiro atoms. The van der Waals surface area contributed by atoms with Gasteiger partial charge in [-0.05, 0) is 56.8 Å². The zero-order valence-electron chi connectivity index (χ0n) is 17.8. The second-order valence-electron chi connectivity index (χ2n) is 7.29. The maximum atomic E-state index is 9.90. The molecule has 0 saturated heterocycles. The van der Waals surface area contributed by atoms with Gasteiger partial charge < -0.3 is 9.87 Å². The predicted molar refractivity (Wildman–Crippen MR) is 127 cm³/mol. The molecule has 0 aliphatic carbocycles. The zero-order chi connectivity index (χ0) is 22.0. The van der Waals surface area contributed by atoms with E-state index in [0.29, 0.717) is 11.7 Å². The summed E-state index contributed by atoms with van der Waals surface area (Å²) in [5.74, 6) is 0. The van der Waals surface area contributed by atoms with E-state index in [-0.39, 0.29) is 0 Å². The number of hydrogen-bond donors (Lipinski definition) is 2. The Bertz CT molecular complexity index is 1240. The highest BCUT2D eigenvalue weighted by Gasteiger charge is 2.18. The molecule has 31 heavy (non-hydrogen) atoms. The Kier molecular flexibility index (Phi) is 6.52. The van der Waals surface area contributed by atoms with Crippen LogP contribution in [0.15, 0.2) is 57.5 Å². The second-order valence-corrected chi connectivity index (χ2v) is 8.84. The molecule has 0 bridgehead atoms. The van der Waals surface area contributed by atoms with E-state index < -0.39 is 0 Å². The summed E-state index contributed by atoms with van der Waals surface area (Å²) in [5.41, 5.74) is 5.63. The molecule has 0 saturated carbocycles. The number of nitrogens with one attached hydrogen (secondary N) is 1. The van der Waals surface area contributed by atoms with Crippen LogP contribution in [0.5, 0.6) is 0 Å². The van der Waals surface area contributed by atoms with Crippen molar-refractivity contribution in [2.75, 3.05) is 7.05 Å². The van der Waals surface area contributed by atoms with Gasteiger partial charge in [-0.2, -0.15) is 0 Å². The van der Waals surface area contributed by atoms with E-state index in [4.69, 9.17) is 0 Å². The van der Waals surface area contributed by atoms with Crippen LogP contribution < -0.4 is 5.32 Å². The fraction of sp³-hybridized carbons (Fsp3) is 0.217. The maximum Gasteiger partial charge on any atom is 0.194 e. The van der Waals surface area contributed by atoms with Crippen LogP contribution in [0, 0.1) is 20.8 Å². The molecule has 0 atom stereocenters. The van der Waals surface area contributed by atoms with E-state index in [1.807, 2.05) is 58.2 Å². The number of benzene rings is 2. The van der Waals surface area contributed by atoms with Gasteiger partial charge >= 0.3 is 0 Å². The number of aromatic nitrogens is 4. The summed E-state index contributed by atoms with van der Waals surface area (Å²) in [7, 11) is 1.89. The van der Waals surface area contributed by atoms with Crippen molar-refractivity contribution in [3.63, 3.8) is 0 Å². The first-order valence-corrected chi connectivity index (χ1v) is 11.4. The lowest BCUT2D eigenvalue weighted by atomic mass is 9.98. The lowest BCUT2D eigenvalue weighted by Crippen LogP contribution is -2.09. The number of fused-ring (bicyclic) bond motifs is 1. The molecule has 0 unspecified atom stereocenters. The van der Waals surface area contributed by atoms with E-state index in [0.717, 1.165) is 66.5 Å². The maximum absolute atomic E-state index is 9.90. The molecule has 6 nitrogen and oxygen atoms in total. The fourth-order valence-corrected chi connectivity index (χ4v) is 5.05. The van der Waals surface area contributed by atoms with E-state index in [1.54, 1.807) is 0 Å². The molecule has 158 valence electrons. The third-order valence-corrected chi connectivity index (χ3v) is 6.57. The van der Waals surface area contributed by atoms with Crippen LogP contribution in [-0.2, 0) is 6.54 Å². The van der Waals surface area contributed by atoms with Gasteiger partial charge in [-0.15, -0.1) is 10.2 Å². The Hall–Kier alpha value is -2.52. The van der Waals surface area contributed by atoms with Crippen molar-refractivity contribution in [2.45, 2.75) is 42.4 Å². The van der Waals surface area contributed by atoms with Crippen molar-refractivity contribution in [3.8, 4) is 11.3 Å². The molecule has 2 heterocycles. The van der Waals surface area contributed by atoms with Gasteiger partial charge in [-0.1, -0.05) is 36.4 Å². The van der Waals surface area contributed by atoms with Gasteiger partial charge in [0.1, 0.15) is 10.7 Å². The molecule has 2 N–H and O–H groups in total. The van der Waals surface area contributed by atoms with Crippen LogP contribution in [0.1, 0.15) is 22.5 Å². The quantitative estimate of drug-likeness (QED) is 0.297. The van der Waals surface area contributed by atoms with Gasteiger partial charge in [0.25, 0.3) is 0 Å². The normalized spacial score (nSPS) is 11.3. The molecule has 4 rings (SSSR count). The molecular formula is C23H23N5OS2. The van der Waals surface area contributed by atoms with E-state index >= 15 is 0 Å². The molecule has 4 aromatic rings. The molecule has 0 aliphatic heterocycles. The summed E-state index contributed by atoms with van der Waals surface area (Å²) in [6.45, 7) is 6.53. The predicted octanol–water partition coefficient (Wildman–Crippen LogP) is 5.45. The van der Waals surface area contributed by atoms with Crippen LogP contribution >= 0.6 is 23.8 Å². The number of aryl methyl sites for hydroxylation is 3. The molecule has 0 fully saturated rings. The molecule has 0 radical (unpaired) electrons. The lowest BCUT2D eigenvalue weighted by Gasteiger charge is -2.16. The molecule has 2 aromatic carbocycles. The first kappa shape index (κ1) is 21.7. The van der Waals surface area contributed by atoms with E-state index in [2.05, 4.69) is 37.6 Å². The third kappa shape index (κ3) is 4.43. The van der Waals surface area contributed by atoms with Crippen LogP contribution in [0.3, 0.4) is 0 Å². The molecule has 0 amide bonds. The Labute approximate surface area is 190 Å². The first-order valence-electron chi connectivity index (χ1n) is 9.86. The van der Waals surface area contributed by atoms with Crippen molar-refractivity contribution < 1.29 is 4.55 Å². The van der Waals surface area contributed by atoms with Crippen LogP contribution in [0.4, 0.5) is 0 Å². The van der Waals surface area contributed by atoms with Gasteiger partial charge in [0.15, 0.2) is 5.16 Å². The molecular weight excluding hydrogens is 426 g/mol. The molecule has 2 aromatic heterocycles.